The van der Waals surface area contributed by atoms with E-state index in [1.165, 1.54) is 4.91 Å². The fourth-order valence-electron chi connectivity index (χ4n) is 0. The monoisotopic (exact) mass is 102 g/mol. The second-order valence-electron chi connectivity index (χ2n) is 0.615. The van der Waals surface area contributed by atoms with Crippen LogP contribution in [0, 0.1) is 5.41 Å². The first-order valence-electron chi connectivity index (χ1n) is 1.29. The first-order chi connectivity index (χ1) is 3.15. The molecule has 0 radical (unpaired) electrons. The third-order valence-corrected chi connectivity index (χ3v) is 0. The highest BCUT2D eigenvalue weighted by Crippen LogP contribution is 1.29. The quantitative estimate of drug-likeness (QED) is 0.116. The Balaban J connectivity index is 0. The van der Waals surface area contributed by atoms with Crippen LogP contribution in [0.15, 0.2) is 0 Å². The van der Waals surface area contributed by atoms with E-state index in [0.717, 1.165) is 0 Å². The zero-order chi connectivity index (χ0) is 6.28. The highest BCUT2D eigenvalue weighted by atomic mass is 15.0. The molecular formula is CH6N6. The molecule has 7 heavy (non-hydrogen) atoms. The van der Waals surface area contributed by atoms with Crippen molar-refractivity contribution in [2.75, 3.05) is 0 Å². The third-order valence-electron chi connectivity index (χ3n) is 0. The Morgan fingerprint density at radius 1 is 1.71 bits per heavy atom. The maximum atomic E-state index is 6.75. The molecule has 0 unspecified atom stereocenters. The summed E-state index contributed by atoms with van der Waals surface area (Å²) in [6, 6.07) is 0. The largest absolute Gasteiger partial charge is 0.373 e. The van der Waals surface area contributed by atoms with Gasteiger partial charge in [-0.3, -0.25) is 10.6 Å². The summed E-state index contributed by atoms with van der Waals surface area (Å²) in [6.07, 6.45) is 0. The van der Waals surface area contributed by atoms with Gasteiger partial charge in [0.2, 0.25) is 0 Å². The normalized spacial score (nSPS) is 4.71. The van der Waals surface area contributed by atoms with Crippen LogP contribution in [0.25, 0.3) is 16.0 Å². The zero-order valence-electron chi connectivity index (χ0n) is 3.63. The fraction of sp³-hybridized carbons (Fsp3) is 0. The van der Waals surface area contributed by atoms with Crippen molar-refractivity contribution in [3.63, 3.8) is 0 Å². The van der Waals surface area contributed by atoms with Gasteiger partial charge in [0.05, 0.1) is 0 Å². The molecule has 40 valence electrons. The number of quaternary nitrogens is 1. The number of rotatable bonds is 0. The number of guanidine groups is 1. The summed E-state index contributed by atoms with van der Waals surface area (Å²) in [7, 11) is 0. The standard InChI is InChI=1S/CH5N3.N3/c2-1(3)4;1-3-2/h(H5,2,3,4);/q;-1/p+1. The van der Waals surface area contributed by atoms with Gasteiger partial charge >= 0.3 is 0 Å². The molecule has 0 saturated carbocycles. The fourth-order valence-corrected chi connectivity index (χ4v) is 0. The summed E-state index contributed by atoms with van der Waals surface area (Å²) in [4.78, 5) is 1.50. The van der Waals surface area contributed by atoms with Gasteiger partial charge in [-0.15, -0.1) is 0 Å². The topological polar surface area (TPSA) is 136 Å². The van der Waals surface area contributed by atoms with E-state index in [-0.39, 0.29) is 5.96 Å². The highest BCUT2D eigenvalue weighted by molar-refractivity contribution is 5.61. The summed E-state index contributed by atoms with van der Waals surface area (Å²) < 4.78 is 0. The van der Waals surface area contributed by atoms with Gasteiger partial charge in [0.1, 0.15) is 0 Å². The lowest BCUT2D eigenvalue weighted by Gasteiger charge is -1.61. The maximum absolute atomic E-state index is 6.75. The van der Waals surface area contributed by atoms with E-state index in [0.29, 0.717) is 0 Å². The molecule has 0 aliphatic heterocycles. The Morgan fingerprint density at radius 2 is 1.71 bits per heavy atom. The van der Waals surface area contributed by atoms with Crippen LogP contribution in [0.5, 0.6) is 0 Å². The van der Waals surface area contributed by atoms with Crippen molar-refractivity contribution in [2.45, 2.75) is 0 Å². The van der Waals surface area contributed by atoms with Crippen molar-refractivity contribution in [3.8, 4) is 0 Å². The van der Waals surface area contributed by atoms with Crippen molar-refractivity contribution in [1.82, 2.24) is 0 Å². The van der Waals surface area contributed by atoms with Gasteiger partial charge in [-0.2, -0.15) is 0 Å². The van der Waals surface area contributed by atoms with Crippen LogP contribution in [0.2, 0.25) is 0 Å². The van der Waals surface area contributed by atoms with Gasteiger partial charge in [0.25, 0.3) is 5.96 Å². The van der Waals surface area contributed by atoms with Crippen molar-refractivity contribution in [3.05, 3.63) is 16.0 Å². The van der Waals surface area contributed by atoms with Crippen molar-refractivity contribution < 1.29 is 5.73 Å². The summed E-state index contributed by atoms with van der Waals surface area (Å²) in [5.74, 6) is -0.0833. The molecule has 0 saturated heterocycles. The minimum Gasteiger partial charge on any atom is -0.373 e. The molecule has 0 spiro atoms. The molecule has 6 N–H and O–H groups in total. The molecule has 0 aromatic heterocycles. The Hall–Kier alpha value is -1.26. The van der Waals surface area contributed by atoms with Crippen LogP contribution in [0.4, 0.5) is 0 Å². The molecule has 0 aromatic carbocycles. The molecule has 0 heterocycles. The molecule has 0 aliphatic carbocycles. The Bertz CT molecular complexity index is 72.2. The van der Waals surface area contributed by atoms with Gasteiger partial charge < -0.3 is 16.8 Å². The smallest absolute Gasteiger partial charge is 0.287 e. The van der Waals surface area contributed by atoms with Crippen LogP contribution in [0.1, 0.15) is 0 Å². The summed E-state index contributed by atoms with van der Waals surface area (Å²) >= 11 is 0. The number of hydrogen-bond acceptors (Lipinski definition) is 1. The van der Waals surface area contributed by atoms with Crippen LogP contribution in [0.3, 0.4) is 0 Å². The predicted molar refractivity (Wildman–Crippen MR) is 24.9 cm³/mol. The SMILES string of the molecule is N=C(N)[NH3+].[N-]=[N+]=[N-]. The first-order valence-corrected chi connectivity index (χ1v) is 1.29. The summed E-state index contributed by atoms with van der Waals surface area (Å²) in [6.45, 7) is 0. The molecule has 0 bridgehead atoms. The molecule has 0 aliphatic rings. The van der Waals surface area contributed by atoms with Crippen LogP contribution in [-0.2, 0) is 0 Å². The lowest BCUT2D eigenvalue weighted by molar-refractivity contribution is -0.219. The van der Waals surface area contributed by atoms with Crippen LogP contribution < -0.4 is 11.5 Å². The van der Waals surface area contributed by atoms with Crippen LogP contribution >= 0.6 is 0 Å². The van der Waals surface area contributed by atoms with E-state index in [9.17, 15) is 0 Å². The minimum atomic E-state index is -0.0833. The van der Waals surface area contributed by atoms with E-state index < -0.39 is 0 Å². The van der Waals surface area contributed by atoms with Gasteiger partial charge in [0.15, 0.2) is 0 Å². The zero-order valence-corrected chi connectivity index (χ0v) is 3.63. The van der Waals surface area contributed by atoms with Gasteiger partial charge in [-0.1, -0.05) is 0 Å². The second-order valence-corrected chi connectivity index (χ2v) is 0.615. The molecule has 0 aromatic rings. The molecule has 0 rings (SSSR count). The van der Waals surface area contributed by atoms with Crippen molar-refractivity contribution in [2.24, 2.45) is 5.73 Å². The average Bonchev–Trinajstić information content (AvgIpc) is 1.33. The Morgan fingerprint density at radius 3 is 1.71 bits per heavy atom. The lowest BCUT2D eigenvalue weighted by Crippen LogP contribution is -2.61. The van der Waals surface area contributed by atoms with E-state index in [1.807, 2.05) is 0 Å². The average molecular weight is 102 g/mol. The minimum absolute atomic E-state index is 0.0833. The van der Waals surface area contributed by atoms with Crippen molar-refractivity contribution in [1.29, 1.82) is 5.41 Å². The van der Waals surface area contributed by atoms with E-state index in [2.05, 4.69) is 11.5 Å². The lowest BCUT2D eigenvalue weighted by atomic mass is 11.1. The molecular weight excluding hydrogens is 96.1 g/mol. The molecule has 0 fully saturated rings. The van der Waals surface area contributed by atoms with E-state index in [4.69, 9.17) is 16.5 Å². The number of nitrogens with zero attached hydrogens (tertiary/aromatic N) is 3. The third kappa shape index (κ3) is 22.4. The summed E-state index contributed by atoms with van der Waals surface area (Å²) in [5, 5.41) is 6.17. The predicted octanol–water partition coefficient (Wildman–Crippen LogP) is -1.01. The number of hydrogen-bond donors (Lipinski definition) is 3. The maximum Gasteiger partial charge on any atom is 0.287 e. The molecule has 0 amide bonds. The van der Waals surface area contributed by atoms with Gasteiger partial charge in [0, 0.05) is 0 Å². The van der Waals surface area contributed by atoms with Gasteiger partial charge in [-0.05, 0) is 0 Å². The molecule has 0 atom stereocenters. The van der Waals surface area contributed by atoms with E-state index in [1.54, 1.807) is 0 Å². The van der Waals surface area contributed by atoms with E-state index >= 15 is 0 Å². The Kier molecular flexibility index (Phi) is 11.6. The number of nitrogens with one attached hydrogen (secondary N) is 1. The molecule has 6 nitrogen and oxygen atoms in total. The number of nitrogens with two attached hydrogens (primary N) is 1. The highest BCUT2D eigenvalue weighted by Gasteiger charge is 1.60. The molecule has 6 heteroatoms. The van der Waals surface area contributed by atoms with Crippen molar-refractivity contribution >= 4 is 5.96 Å². The first kappa shape index (κ1) is 9.22. The second kappa shape index (κ2) is 8.83. The van der Waals surface area contributed by atoms with Gasteiger partial charge in [-0.25, -0.2) is 5.41 Å². The summed E-state index contributed by atoms with van der Waals surface area (Å²) in [5.41, 5.74) is 21.1. The van der Waals surface area contributed by atoms with Crippen LogP contribution in [-0.4, -0.2) is 5.96 Å². The Labute approximate surface area is 40.0 Å².